The van der Waals surface area contributed by atoms with E-state index in [1.54, 1.807) is 6.07 Å². The van der Waals surface area contributed by atoms with Crippen molar-refractivity contribution in [2.45, 2.75) is 0 Å². The topological polar surface area (TPSA) is 88.7 Å². The van der Waals surface area contributed by atoms with Gasteiger partial charge in [0.2, 0.25) is 0 Å². The van der Waals surface area contributed by atoms with Crippen LogP contribution in [0, 0.1) is 22.7 Å². The first-order valence-corrected chi connectivity index (χ1v) is 20.9. The summed E-state index contributed by atoms with van der Waals surface area (Å²) in [7, 11) is 0. The third-order valence-corrected chi connectivity index (χ3v) is 13.1. The Balaban J connectivity index is 1.26. The van der Waals surface area contributed by atoms with E-state index >= 15 is 0 Å². The van der Waals surface area contributed by atoms with E-state index in [4.69, 9.17) is 8.83 Å². The lowest BCUT2D eigenvalue weighted by Crippen LogP contribution is -2.13. The summed E-state index contributed by atoms with van der Waals surface area (Å²) >= 11 is 0. The second-order valence-electron chi connectivity index (χ2n) is 16.2. The first-order chi connectivity index (χ1) is 31.2. The molecule has 63 heavy (non-hydrogen) atoms. The number of nitriles is 2. The molecule has 0 radical (unpaired) electrons. The van der Waals surface area contributed by atoms with Crippen LogP contribution in [0.25, 0.3) is 126 Å². The molecule has 7 nitrogen and oxygen atoms in total. The lowest BCUT2D eigenvalue weighted by atomic mass is 10.0. The highest BCUT2D eigenvalue weighted by Crippen LogP contribution is 2.48. The number of para-hydroxylation sites is 6. The molecule has 14 aromatic rings. The zero-order valence-corrected chi connectivity index (χ0v) is 33.3. The molecule has 290 valence electrons. The Morgan fingerprint density at radius 1 is 0.317 bits per heavy atom. The largest absolute Gasteiger partial charge is 0.455 e. The number of furan rings is 2. The molecule has 0 atom stereocenters. The third kappa shape index (κ3) is 4.29. The summed E-state index contributed by atoms with van der Waals surface area (Å²) in [6.45, 7) is 0. The first-order valence-electron chi connectivity index (χ1n) is 20.9. The van der Waals surface area contributed by atoms with Gasteiger partial charge in [-0.3, -0.25) is 0 Å². The Hall–Kier alpha value is -9.04. The van der Waals surface area contributed by atoms with Crippen molar-refractivity contribution >= 4 is 109 Å². The number of fused-ring (bicyclic) bond motifs is 17. The van der Waals surface area contributed by atoms with E-state index in [9.17, 15) is 10.5 Å². The van der Waals surface area contributed by atoms with Gasteiger partial charge in [0.15, 0.2) is 0 Å². The summed E-state index contributed by atoms with van der Waals surface area (Å²) in [5.74, 6) is 0. The van der Waals surface area contributed by atoms with Crippen LogP contribution in [-0.2, 0) is 0 Å². The Kier molecular flexibility index (Phi) is 6.57. The van der Waals surface area contributed by atoms with Gasteiger partial charge in [-0.25, -0.2) is 0 Å². The molecule has 5 aromatic heterocycles. The Morgan fingerprint density at radius 2 is 0.667 bits per heavy atom. The molecular formula is C56H29N5O2. The summed E-state index contributed by atoms with van der Waals surface area (Å²) < 4.78 is 20.2. The van der Waals surface area contributed by atoms with Gasteiger partial charge in [-0.05, 0) is 66.7 Å². The van der Waals surface area contributed by atoms with Gasteiger partial charge in [-0.1, -0.05) is 109 Å². The molecular weight excluding hydrogens is 775 g/mol. The molecule has 0 bridgehead atoms. The maximum absolute atomic E-state index is 11.5. The molecule has 0 unspecified atom stereocenters. The van der Waals surface area contributed by atoms with Gasteiger partial charge < -0.3 is 22.5 Å². The minimum Gasteiger partial charge on any atom is -0.455 e. The maximum Gasteiger partial charge on any atom is 0.145 e. The molecule has 5 heterocycles. The van der Waals surface area contributed by atoms with Gasteiger partial charge in [0, 0.05) is 43.1 Å². The highest BCUT2D eigenvalue weighted by Gasteiger charge is 2.31. The van der Waals surface area contributed by atoms with E-state index in [0.29, 0.717) is 28.2 Å². The SMILES string of the molecule is N#Cc1cc(C#N)c(-n2c3ccccc3c3c4oc5ccccc5c4ccc32)c(-n2c3ccccc3c3c4oc5ccccc5c4ccc32)c1-n1c2ccccc2c2ccccc21. The molecule has 0 fully saturated rings. The minimum absolute atomic E-state index is 0.356. The van der Waals surface area contributed by atoms with Crippen molar-refractivity contribution < 1.29 is 8.83 Å². The van der Waals surface area contributed by atoms with Gasteiger partial charge in [0.1, 0.15) is 34.5 Å². The fraction of sp³-hybridized carbons (Fsp3) is 0. The maximum atomic E-state index is 11.5. The Bertz CT molecular complexity index is 4370. The fourth-order valence-corrected chi connectivity index (χ4v) is 10.6. The van der Waals surface area contributed by atoms with Crippen molar-refractivity contribution in [1.82, 2.24) is 13.7 Å². The molecule has 0 saturated carbocycles. The van der Waals surface area contributed by atoms with Crippen molar-refractivity contribution in [3.05, 3.63) is 187 Å². The average molecular weight is 804 g/mol. The number of aromatic nitrogens is 3. The van der Waals surface area contributed by atoms with E-state index < -0.39 is 0 Å². The van der Waals surface area contributed by atoms with Gasteiger partial charge in [0.25, 0.3) is 0 Å². The lowest BCUT2D eigenvalue weighted by molar-refractivity contribution is 0.672. The van der Waals surface area contributed by atoms with Crippen LogP contribution in [0.15, 0.2) is 185 Å². The standard InChI is InChI=1S/C56H29N5O2/c57-30-32-29-33(31-58)53(60-44-21-9-3-17-40(44)50-46(60)27-25-38-36-15-5-11-23-48(36)62-55(38)50)54(52(32)59-42-19-7-1-13-34(42)35-14-2-8-20-43(35)59)61-45-22-10-4-18-41(45)51-47(61)28-26-39-37-16-6-12-24-49(37)63-56(39)51/h1-29H. The van der Waals surface area contributed by atoms with Crippen LogP contribution in [0.1, 0.15) is 11.1 Å². The average Bonchev–Trinajstić information content (AvgIpc) is 4.14. The van der Waals surface area contributed by atoms with Crippen LogP contribution in [0.2, 0.25) is 0 Å². The van der Waals surface area contributed by atoms with Crippen LogP contribution in [0.4, 0.5) is 0 Å². The van der Waals surface area contributed by atoms with Gasteiger partial charge in [-0.15, -0.1) is 0 Å². The molecule has 0 amide bonds. The predicted octanol–water partition coefficient (Wildman–Crippen LogP) is 14.5. The van der Waals surface area contributed by atoms with Gasteiger partial charge >= 0.3 is 0 Å². The van der Waals surface area contributed by atoms with E-state index in [2.05, 4.69) is 129 Å². The Morgan fingerprint density at radius 3 is 1.11 bits per heavy atom. The Labute approximate surface area is 357 Å². The second kappa shape index (κ2) is 12.3. The highest BCUT2D eigenvalue weighted by atomic mass is 16.3. The van der Waals surface area contributed by atoms with Crippen molar-refractivity contribution in [1.29, 1.82) is 10.5 Å². The second-order valence-corrected chi connectivity index (χ2v) is 16.2. The van der Waals surface area contributed by atoms with E-state index in [-0.39, 0.29) is 0 Å². The monoisotopic (exact) mass is 803 g/mol. The third-order valence-electron chi connectivity index (χ3n) is 13.1. The summed E-state index contributed by atoms with van der Waals surface area (Å²) in [6, 6.07) is 65.2. The van der Waals surface area contributed by atoms with Crippen LogP contribution in [0.3, 0.4) is 0 Å². The first kappa shape index (κ1) is 33.8. The van der Waals surface area contributed by atoms with E-state index in [0.717, 1.165) is 109 Å². The number of benzene rings is 9. The zero-order chi connectivity index (χ0) is 41.5. The predicted molar refractivity (Wildman–Crippen MR) is 253 cm³/mol. The number of nitrogens with zero attached hydrogens (tertiary/aromatic N) is 5. The minimum atomic E-state index is 0.356. The number of rotatable bonds is 3. The summed E-state index contributed by atoms with van der Waals surface area (Å²) in [5, 5.41) is 33.0. The van der Waals surface area contributed by atoms with Crippen LogP contribution in [-0.4, -0.2) is 13.7 Å². The molecule has 0 saturated heterocycles. The fourth-order valence-electron chi connectivity index (χ4n) is 10.6. The lowest BCUT2D eigenvalue weighted by Gasteiger charge is -2.24. The van der Waals surface area contributed by atoms with Crippen LogP contribution < -0.4 is 0 Å². The normalized spacial score (nSPS) is 12.1. The smallest absolute Gasteiger partial charge is 0.145 e. The highest BCUT2D eigenvalue weighted by molar-refractivity contribution is 6.26. The number of hydrogen-bond donors (Lipinski definition) is 0. The van der Waals surface area contributed by atoms with Crippen molar-refractivity contribution in [3.8, 4) is 29.2 Å². The zero-order valence-electron chi connectivity index (χ0n) is 33.3. The number of hydrogen-bond acceptors (Lipinski definition) is 4. The van der Waals surface area contributed by atoms with Crippen LogP contribution >= 0.6 is 0 Å². The van der Waals surface area contributed by atoms with E-state index in [1.807, 2.05) is 66.7 Å². The summed E-state index contributed by atoms with van der Waals surface area (Å²) in [4.78, 5) is 0. The van der Waals surface area contributed by atoms with E-state index in [1.165, 1.54) is 0 Å². The molecule has 9 aromatic carbocycles. The summed E-state index contributed by atoms with van der Waals surface area (Å²) in [5.41, 5.74) is 11.3. The molecule has 14 rings (SSSR count). The van der Waals surface area contributed by atoms with Crippen molar-refractivity contribution in [2.75, 3.05) is 0 Å². The molecule has 7 heteroatoms. The van der Waals surface area contributed by atoms with Crippen molar-refractivity contribution in [2.24, 2.45) is 0 Å². The quantitative estimate of drug-likeness (QED) is 0.178. The molecule has 0 N–H and O–H groups in total. The van der Waals surface area contributed by atoms with Gasteiger partial charge in [-0.2, -0.15) is 10.5 Å². The molecule has 0 aliphatic carbocycles. The molecule has 0 aliphatic rings. The van der Waals surface area contributed by atoms with Crippen LogP contribution in [0.5, 0.6) is 0 Å². The summed E-state index contributed by atoms with van der Waals surface area (Å²) in [6.07, 6.45) is 0. The van der Waals surface area contributed by atoms with Crippen molar-refractivity contribution in [3.63, 3.8) is 0 Å². The van der Waals surface area contributed by atoms with Gasteiger partial charge in [0.05, 0.1) is 72.1 Å². The molecule has 0 aliphatic heterocycles. The molecule has 0 spiro atoms.